The van der Waals surface area contributed by atoms with Crippen molar-refractivity contribution in [1.82, 2.24) is 4.72 Å². The van der Waals surface area contributed by atoms with Gasteiger partial charge < -0.3 is 10.0 Å². The van der Waals surface area contributed by atoms with Crippen LogP contribution in [0.2, 0.25) is 0 Å². The van der Waals surface area contributed by atoms with Crippen molar-refractivity contribution in [2.45, 2.75) is 30.3 Å². The van der Waals surface area contributed by atoms with Crippen LogP contribution in [0.25, 0.3) is 0 Å². The highest BCUT2D eigenvalue weighted by molar-refractivity contribution is 7.89. The third-order valence-corrected chi connectivity index (χ3v) is 5.96. The number of benzene rings is 2. The largest absolute Gasteiger partial charge is 0.392 e. The van der Waals surface area contributed by atoms with Gasteiger partial charge in [-0.3, -0.25) is 4.79 Å². The van der Waals surface area contributed by atoms with Crippen molar-refractivity contribution in [3.8, 4) is 0 Å². The average Bonchev–Trinajstić information content (AvgIpc) is 3.05. The lowest BCUT2D eigenvalue weighted by atomic mass is 10.1. The molecule has 1 aliphatic heterocycles. The Kier molecular flexibility index (Phi) is 5.41. The van der Waals surface area contributed by atoms with Crippen LogP contribution in [0.3, 0.4) is 0 Å². The highest BCUT2D eigenvalue weighted by Crippen LogP contribution is 2.30. The standard InChI is InChI=1S/C19H22N2O4S/c1-20-26(24,25)17-7-8-18-15(12-17)9-10-21(18)19(23)13-16(22)11-14-5-3-2-4-6-14/h2-8,12,16,20,22H,9-11,13H2,1H3. The van der Waals surface area contributed by atoms with Crippen LogP contribution in [0.1, 0.15) is 17.5 Å². The van der Waals surface area contributed by atoms with Crippen LogP contribution >= 0.6 is 0 Å². The van der Waals surface area contributed by atoms with E-state index in [1.54, 1.807) is 17.0 Å². The number of fused-ring (bicyclic) bond motifs is 1. The molecule has 3 rings (SSSR count). The first-order valence-corrected chi connectivity index (χ1v) is 9.98. The number of hydrogen-bond acceptors (Lipinski definition) is 4. The highest BCUT2D eigenvalue weighted by atomic mass is 32.2. The molecule has 1 aliphatic rings. The van der Waals surface area contributed by atoms with Gasteiger partial charge in [0.05, 0.1) is 17.4 Å². The molecule has 0 bridgehead atoms. The fraction of sp³-hybridized carbons (Fsp3) is 0.316. The van der Waals surface area contributed by atoms with Gasteiger partial charge >= 0.3 is 0 Å². The molecule has 0 saturated heterocycles. The lowest BCUT2D eigenvalue weighted by Gasteiger charge is -2.19. The van der Waals surface area contributed by atoms with E-state index in [0.29, 0.717) is 19.4 Å². The number of aliphatic hydroxyl groups excluding tert-OH is 1. The Hall–Kier alpha value is -2.22. The molecule has 0 spiro atoms. The topological polar surface area (TPSA) is 86.7 Å². The second kappa shape index (κ2) is 7.57. The summed E-state index contributed by atoms with van der Waals surface area (Å²) in [5.74, 6) is -0.156. The predicted octanol–water partition coefficient (Wildman–Crippen LogP) is 1.48. The monoisotopic (exact) mass is 374 g/mol. The number of carbonyl (C=O) groups excluding carboxylic acids is 1. The number of hydrogen-bond donors (Lipinski definition) is 2. The van der Waals surface area contributed by atoms with E-state index >= 15 is 0 Å². The van der Waals surface area contributed by atoms with E-state index in [4.69, 9.17) is 0 Å². The Bertz CT molecular complexity index is 897. The van der Waals surface area contributed by atoms with Crippen LogP contribution in [-0.4, -0.2) is 39.1 Å². The number of amides is 1. The second-order valence-corrected chi connectivity index (χ2v) is 8.23. The predicted molar refractivity (Wildman–Crippen MR) is 99.5 cm³/mol. The van der Waals surface area contributed by atoms with E-state index in [2.05, 4.69) is 4.72 Å². The van der Waals surface area contributed by atoms with Gasteiger partial charge in [-0.2, -0.15) is 0 Å². The number of rotatable bonds is 6. The van der Waals surface area contributed by atoms with Crippen molar-refractivity contribution in [2.75, 3.05) is 18.5 Å². The van der Waals surface area contributed by atoms with Crippen LogP contribution < -0.4 is 9.62 Å². The molecular formula is C19H22N2O4S. The molecule has 6 nitrogen and oxygen atoms in total. The molecule has 1 heterocycles. The van der Waals surface area contributed by atoms with Crippen LogP contribution in [0.4, 0.5) is 5.69 Å². The minimum Gasteiger partial charge on any atom is -0.392 e. The Morgan fingerprint density at radius 2 is 1.96 bits per heavy atom. The van der Waals surface area contributed by atoms with Gasteiger partial charge in [-0.1, -0.05) is 30.3 Å². The zero-order valence-electron chi connectivity index (χ0n) is 14.6. The molecule has 0 aromatic heterocycles. The van der Waals surface area contributed by atoms with Gasteiger partial charge in [-0.25, -0.2) is 13.1 Å². The minimum atomic E-state index is -3.50. The maximum Gasteiger partial charge on any atom is 0.240 e. The molecular weight excluding hydrogens is 352 g/mol. The Morgan fingerprint density at radius 3 is 2.65 bits per heavy atom. The van der Waals surface area contributed by atoms with Gasteiger partial charge in [0.2, 0.25) is 15.9 Å². The molecule has 2 N–H and O–H groups in total. The van der Waals surface area contributed by atoms with Crippen LogP contribution in [-0.2, 0) is 27.7 Å². The number of nitrogens with zero attached hydrogens (tertiary/aromatic N) is 1. The maximum absolute atomic E-state index is 12.6. The smallest absolute Gasteiger partial charge is 0.240 e. The molecule has 7 heteroatoms. The van der Waals surface area contributed by atoms with E-state index in [9.17, 15) is 18.3 Å². The fourth-order valence-corrected chi connectivity index (χ4v) is 3.97. The van der Waals surface area contributed by atoms with E-state index < -0.39 is 16.1 Å². The molecule has 0 aliphatic carbocycles. The maximum atomic E-state index is 12.6. The van der Waals surface area contributed by atoms with E-state index in [1.807, 2.05) is 30.3 Å². The summed E-state index contributed by atoms with van der Waals surface area (Å²) in [6, 6.07) is 14.3. The summed E-state index contributed by atoms with van der Waals surface area (Å²) >= 11 is 0. The number of sulfonamides is 1. The van der Waals surface area contributed by atoms with Crippen LogP contribution in [0.15, 0.2) is 53.4 Å². The van der Waals surface area contributed by atoms with Crippen molar-refractivity contribution in [3.63, 3.8) is 0 Å². The Labute approximate surface area is 153 Å². The molecule has 0 radical (unpaired) electrons. The van der Waals surface area contributed by atoms with Crippen molar-refractivity contribution in [3.05, 3.63) is 59.7 Å². The van der Waals surface area contributed by atoms with E-state index in [-0.39, 0.29) is 17.2 Å². The summed E-state index contributed by atoms with van der Waals surface area (Å²) in [7, 11) is -2.14. The summed E-state index contributed by atoms with van der Waals surface area (Å²) in [5.41, 5.74) is 2.53. The molecule has 0 fully saturated rings. The summed E-state index contributed by atoms with van der Waals surface area (Å²) in [6.45, 7) is 0.495. The van der Waals surface area contributed by atoms with Gasteiger partial charge in [0.25, 0.3) is 0 Å². The number of carbonyl (C=O) groups is 1. The molecule has 1 amide bonds. The Morgan fingerprint density at radius 1 is 1.23 bits per heavy atom. The van der Waals surface area contributed by atoms with Crippen molar-refractivity contribution in [2.24, 2.45) is 0 Å². The first kappa shape index (κ1) is 18.6. The number of anilines is 1. The minimum absolute atomic E-state index is 0.0326. The molecule has 1 atom stereocenters. The van der Waals surface area contributed by atoms with Crippen LogP contribution in [0.5, 0.6) is 0 Å². The normalized spacial score (nSPS) is 14.9. The molecule has 2 aromatic carbocycles. The summed E-state index contributed by atoms with van der Waals surface area (Å²) in [5, 5.41) is 10.2. The Balaban J connectivity index is 1.69. The van der Waals surface area contributed by atoms with Gasteiger partial charge in [0.1, 0.15) is 0 Å². The first-order valence-electron chi connectivity index (χ1n) is 8.49. The van der Waals surface area contributed by atoms with E-state index in [0.717, 1.165) is 16.8 Å². The zero-order chi connectivity index (χ0) is 18.7. The van der Waals surface area contributed by atoms with Crippen LogP contribution in [0, 0.1) is 0 Å². The highest BCUT2D eigenvalue weighted by Gasteiger charge is 2.27. The summed E-state index contributed by atoms with van der Waals surface area (Å²) < 4.78 is 26.1. The number of aliphatic hydroxyl groups is 1. The van der Waals surface area contributed by atoms with Gasteiger partial charge in [-0.05, 0) is 49.2 Å². The van der Waals surface area contributed by atoms with Gasteiger partial charge in [0, 0.05) is 12.2 Å². The summed E-state index contributed by atoms with van der Waals surface area (Å²) in [4.78, 5) is 14.4. The van der Waals surface area contributed by atoms with Crippen molar-refractivity contribution < 1.29 is 18.3 Å². The van der Waals surface area contributed by atoms with Gasteiger partial charge in [0.15, 0.2) is 0 Å². The molecule has 138 valence electrons. The van der Waals surface area contributed by atoms with E-state index in [1.165, 1.54) is 13.1 Å². The quantitative estimate of drug-likeness (QED) is 0.802. The summed E-state index contributed by atoms with van der Waals surface area (Å²) in [6.07, 6.45) is 0.304. The second-order valence-electron chi connectivity index (χ2n) is 6.34. The molecule has 2 aromatic rings. The lowest BCUT2D eigenvalue weighted by Crippen LogP contribution is -2.32. The number of nitrogens with one attached hydrogen (secondary N) is 1. The third kappa shape index (κ3) is 3.95. The average molecular weight is 374 g/mol. The third-order valence-electron chi connectivity index (χ3n) is 4.55. The zero-order valence-corrected chi connectivity index (χ0v) is 15.4. The SMILES string of the molecule is CNS(=O)(=O)c1ccc2c(c1)CCN2C(=O)CC(O)Cc1ccccc1. The molecule has 26 heavy (non-hydrogen) atoms. The molecule has 0 saturated carbocycles. The van der Waals surface area contributed by atoms with Gasteiger partial charge in [-0.15, -0.1) is 0 Å². The van der Waals surface area contributed by atoms with Crippen molar-refractivity contribution >= 4 is 21.6 Å². The van der Waals surface area contributed by atoms with Crippen molar-refractivity contribution in [1.29, 1.82) is 0 Å². The molecule has 1 unspecified atom stereocenters. The lowest BCUT2D eigenvalue weighted by molar-refractivity contribution is -0.120. The first-order chi connectivity index (χ1) is 12.4. The fourth-order valence-electron chi connectivity index (χ4n) is 3.19.